The maximum atomic E-state index is 5.63. The van der Waals surface area contributed by atoms with E-state index in [1.165, 1.54) is 0 Å². The van der Waals surface area contributed by atoms with E-state index in [4.69, 9.17) is 22.1 Å². The molecule has 2 N–H and O–H groups in total. The molecule has 0 fully saturated rings. The summed E-state index contributed by atoms with van der Waals surface area (Å²) in [6.45, 7) is 0. The number of aromatic nitrogens is 3. The van der Waals surface area contributed by atoms with Crippen LogP contribution in [0.1, 0.15) is 0 Å². The van der Waals surface area contributed by atoms with Gasteiger partial charge in [0.15, 0.2) is 0 Å². The summed E-state index contributed by atoms with van der Waals surface area (Å²) in [6.07, 6.45) is 3.19. The second-order valence-electron chi connectivity index (χ2n) is 3.46. The van der Waals surface area contributed by atoms with E-state index in [9.17, 15) is 0 Å². The van der Waals surface area contributed by atoms with E-state index < -0.39 is 0 Å². The number of hydrogen-bond donors (Lipinski definition) is 1. The van der Waals surface area contributed by atoms with Gasteiger partial charge in [-0.05, 0) is 18.2 Å². The fraction of sp³-hybridized carbons (Fsp3) is 0.182. The van der Waals surface area contributed by atoms with Crippen LogP contribution in [0.3, 0.4) is 0 Å². The zero-order valence-electron chi connectivity index (χ0n) is 9.75. The topological polar surface area (TPSA) is 78.3 Å². The minimum Gasteiger partial charge on any atom is -0.494 e. The van der Waals surface area contributed by atoms with Crippen LogP contribution in [0.4, 0.5) is 5.69 Å². The van der Waals surface area contributed by atoms with Gasteiger partial charge in [0, 0.05) is 0 Å². The Balaban J connectivity index is 2.46. The predicted molar refractivity (Wildman–Crippen MR) is 69.9 cm³/mol. The molecule has 0 spiro atoms. The van der Waals surface area contributed by atoms with Crippen LogP contribution in [-0.4, -0.2) is 33.6 Å². The van der Waals surface area contributed by atoms with Crippen molar-refractivity contribution in [3.8, 4) is 11.4 Å². The summed E-state index contributed by atoms with van der Waals surface area (Å²) in [7, 11) is 1.57. The number of methoxy groups -OCH3 is 1. The van der Waals surface area contributed by atoms with Crippen LogP contribution < -0.4 is 10.5 Å². The summed E-state index contributed by atoms with van der Waals surface area (Å²) < 4.78 is 6.98. The van der Waals surface area contributed by atoms with Crippen molar-refractivity contribution in [1.82, 2.24) is 14.8 Å². The number of benzene rings is 1. The van der Waals surface area contributed by atoms with Gasteiger partial charge >= 0.3 is 0 Å². The third kappa shape index (κ3) is 2.60. The molecule has 1 aromatic heterocycles. The first-order valence-electron chi connectivity index (χ1n) is 5.16. The van der Waals surface area contributed by atoms with Crippen molar-refractivity contribution in [2.24, 2.45) is 10.7 Å². The first-order chi connectivity index (χ1) is 8.74. The number of aliphatic imine (C=N–C) groups is 1. The number of amidine groups is 1. The van der Waals surface area contributed by atoms with Crippen LogP contribution in [0.5, 0.6) is 5.75 Å². The fourth-order valence-electron chi connectivity index (χ4n) is 1.44. The van der Waals surface area contributed by atoms with Gasteiger partial charge in [-0.2, -0.15) is 0 Å². The molecule has 0 amide bonds. The summed E-state index contributed by atoms with van der Waals surface area (Å²) in [5.74, 6) is 1.12. The van der Waals surface area contributed by atoms with E-state index in [2.05, 4.69) is 15.2 Å². The molecule has 94 valence electrons. The number of alkyl halides is 1. The number of rotatable bonds is 4. The summed E-state index contributed by atoms with van der Waals surface area (Å²) in [5.41, 5.74) is 7.10. The molecule has 0 bridgehead atoms. The van der Waals surface area contributed by atoms with E-state index in [0.717, 1.165) is 5.69 Å². The van der Waals surface area contributed by atoms with Gasteiger partial charge in [0.05, 0.1) is 18.7 Å². The van der Waals surface area contributed by atoms with Crippen LogP contribution in [0.15, 0.2) is 35.8 Å². The van der Waals surface area contributed by atoms with Crippen molar-refractivity contribution in [2.45, 2.75) is 0 Å². The fourth-order valence-corrected chi connectivity index (χ4v) is 1.50. The third-order valence-electron chi connectivity index (χ3n) is 2.28. The van der Waals surface area contributed by atoms with Crippen molar-refractivity contribution in [1.29, 1.82) is 0 Å². The van der Waals surface area contributed by atoms with E-state index in [0.29, 0.717) is 17.3 Å². The predicted octanol–water partition coefficient (Wildman–Crippen LogP) is 1.50. The summed E-state index contributed by atoms with van der Waals surface area (Å²) in [6, 6.07) is 5.50. The van der Waals surface area contributed by atoms with Crippen LogP contribution in [0, 0.1) is 0 Å². The molecule has 1 aromatic carbocycles. The molecule has 0 radical (unpaired) electrons. The molecule has 0 aliphatic heterocycles. The molecule has 18 heavy (non-hydrogen) atoms. The first kappa shape index (κ1) is 12.4. The van der Waals surface area contributed by atoms with Crippen molar-refractivity contribution in [3.05, 3.63) is 30.9 Å². The van der Waals surface area contributed by atoms with Gasteiger partial charge in [0.2, 0.25) is 0 Å². The quantitative estimate of drug-likeness (QED) is 0.516. The van der Waals surface area contributed by atoms with Gasteiger partial charge in [-0.1, -0.05) is 0 Å². The molecular weight excluding hydrogens is 254 g/mol. The van der Waals surface area contributed by atoms with Crippen LogP contribution in [0.2, 0.25) is 0 Å². The molecule has 7 heteroatoms. The molecule has 0 aliphatic rings. The Hall–Kier alpha value is -2.08. The first-order valence-corrected chi connectivity index (χ1v) is 5.70. The lowest BCUT2D eigenvalue weighted by Crippen LogP contribution is -2.12. The molecule has 0 aliphatic carbocycles. The molecule has 1 heterocycles. The Morgan fingerprint density at radius 2 is 2.17 bits per heavy atom. The molecule has 0 saturated heterocycles. The Labute approximate surface area is 109 Å². The van der Waals surface area contributed by atoms with E-state index in [1.54, 1.807) is 30.4 Å². The minimum atomic E-state index is 0.167. The van der Waals surface area contributed by atoms with Crippen molar-refractivity contribution in [2.75, 3.05) is 13.0 Å². The Kier molecular flexibility index (Phi) is 3.78. The summed E-state index contributed by atoms with van der Waals surface area (Å²) in [4.78, 5) is 4.20. The zero-order valence-corrected chi connectivity index (χ0v) is 10.5. The molecule has 2 rings (SSSR count). The van der Waals surface area contributed by atoms with Gasteiger partial charge in [0.25, 0.3) is 0 Å². The maximum absolute atomic E-state index is 5.63. The minimum absolute atomic E-state index is 0.167. The van der Waals surface area contributed by atoms with Gasteiger partial charge in [-0.25, -0.2) is 4.99 Å². The molecule has 2 aromatic rings. The lowest BCUT2D eigenvalue weighted by atomic mass is 10.2. The second-order valence-corrected chi connectivity index (χ2v) is 3.73. The highest BCUT2D eigenvalue weighted by Gasteiger charge is 2.05. The highest BCUT2D eigenvalue weighted by molar-refractivity contribution is 6.28. The lowest BCUT2D eigenvalue weighted by Gasteiger charge is -2.08. The van der Waals surface area contributed by atoms with Crippen LogP contribution in [0.25, 0.3) is 5.69 Å². The molecule has 6 nitrogen and oxygen atoms in total. The van der Waals surface area contributed by atoms with Crippen LogP contribution in [-0.2, 0) is 0 Å². The van der Waals surface area contributed by atoms with E-state index >= 15 is 0 Å². The second kappa shape index (κ2) is 5.50. The number of hydrogen-bond acceptors (Lipinski definition) is 4. The maximum Gasteiger partial charge on any atom is 0.144 e. The molecule has 0 saturated carbocycles. The Morgan fingerprint density at radius 3 is 2.78 bits per heavy atom. The Bertz CT molecular complexity index is 553. The third-order valence-corrected chi connectivity index (χ3v) is 2.55. The Morgan fingerprint density at radius 1 is 1.44 bits per heavy atom. The number of nitrogens with two attached hydrogens (primary N) is 1. The smallest absolute Gasteiger partial charge is 0.144 e. The van der Waals surface area contributed by atoms with Crippen LogP contribution >= 0.6 is 11.6 Å². The molecular formula is C11H12ClN5O. The summed E-state index contributed by atoms with van der Waals surface area (Å²) in [5, 5.41) is 7.50. The largest absolute Gasteiger partial charge is 0.494 e. The number of ether oxygens (including phenoxy) is 1. The molecule has 0 atom stereocenters. The van der Waals surface area contributed by atoms with E-state index in [1.807, 2.05) is 12.1 Å². The van der Waals surface area contributed by atoms with E-state index in [-0.39, 0.29) is 5.88 Å². The highest BCUT2D eigenvalue weighted by Crippen LogP contribution is 2.29. The van der Waals surface area contributed by atoms with Gasteiger partial charge < -0.3 is 10.5 Å². The monoisotopic (exact) mass is 265 g/mol. The SMILES string of the molecule is COc1ccc(-n2cnnc2)cc1N=C(N)CCl. The van der Waals surface area contributed by atoms with Crippen molar-refractivity contribution in [3.63, 3.8) is 0 Å². The van der Waals surface area contributed by atoms with Crippen molar-refractivity contribution < 1.29 is 4.74 Å². The average molecular weight is 266 g/mol. The average Bonchev–Trinajstić information content (AvgIpc) is 2.92. The lowest BCUT2D eigenvalue weighted by molar-refractivity contribution is 0.416. The van der Waals surface area contributed by atoms with Gasteiger partial charge in [-0.15, -0.1) is 21.8 Å². The van der Waals surface area contributed by atoms with Crippen molar-refractivity contribution >= 4 is 23.1 Å². The number of nitrogens with zero attached hydrogens (tertiary/aromatic N) is 4. The summed E-state index contributed by atoms with van der Waals surface area (Å²) >= 11 is 5.61. The van der Waals surface area contributed by atoms with Gasteiger partial charge in [0.1, 0.15) is 29.9 Å². The normalized spacial score (nSPS) is 11.6. The van der Waals surface area contributed by atoms with Gasteiger partial charge in [-0.3, -0.25) is 4.57 Å². The number of halogens is 1. The zero-order chi connectivity index (χ0) is 13.0. The highest BCUT2D eigenvalue weighted by atomic mass is 35.5. The standard InChI is InChI=1S/C11H12ClN5O/c1-18-10-3-2-8(17-6-14-15-7-17)4-9(10)16-11(13)5-12/h2-4,6-7H,5H2,1H3,(H2,13,16). The molecule has 0 unspecified atom stereocenters.